The van der Waals surface area contributed by atoms with Crippen molar-refractivity contribution in [2.24, 2.45) is 5.73 Å². The zero-order valence-corrected chi connectivity index (χ0v) is 12.7. The fourth-order valence-electron chi connectivity index (χ4n) is 3.39. The van der Waals surface area contributed by atoms with E-state index in [9.17, 15) is 0 Å². The van der Waals surface area contributed by atoms with Crippen LogP contribution in [-0.4, -0.2) is 14.8 Å². The maximum atomic E-state index is 6.42. The summed E-state index contributed by atoms with van der Waals surface area (Å²) in [4.78, 5) is 0. The third-order valence-corrected chi connectivity index (χ3v) is 4.46. The molecule has 4 heteroatoms. The van der Waals surface area contributed by atoms with Gasteiger partial charge in [0, 0.05) is 6.04 Å². The number of nitrogens with zero attached hydrogens (tertiary/aromatic N) is 3. The fraction of sp³-hybridized carbons (Fsp3) is 0.529. The second-order valence-corrected chi connectivity index (χ2v) is 6.06. The molecule has 1 heterocycles. The van der Waals surface area contributed by atoms with Crippen LogP contribution >= 0.6 is 0 Å². The molecule has 1 aliphatic rings. The van der Waals surface area contributed by atoms with Gasteiger partial charge in [-0.2, -0.15) is 0 Å². The zero-order valence-electron chi connectivity index (χ0n) is 12.7. The van der Waals surface area contributed by atoms with Gasteiger partial charge >= 0.3 is 0 Å². The molecule has 4 nitrogen and oxygen atoms in total. The van der Waals surface area contributed by atoms with Crippen LogP contribution < -0.4 is 5.73 Å². The zero-order chi connectivity index (χ0) is 14.7. The first-order valence-electron chi connectivity index (χ1n) is 7.96. The minimum absolute atomic E-state index is 0.0875. The van der Waals surface area contributed by atoms with Gasteiger partial charge in [0.15, 0.2) is 5.82 Å². The molecule has 112 valence electrons. The molecule has 0 spiro atoms. The van der Waals surface area contributed by atoms with E-state index in [1.165, 1.54) is 37.7 Å². The highest BCUT2D eigenvalue weighted by atomic mass is 15.3. The van der Waals surface area contributed by atoms with Crippen molar-refractivity contribution in [3.8, 4) is 0 Å². The molecular weight excluding hydrogens is 260 g/mol. The van der Waals surface area contributed by atoms with Gasteiger partial charge < -0.3 is 10.3 Å². The van der Waals surface area contributed by atoms with Crippen LogP contribution in [0, 0.1) is 6.92 Å². The van der Waals surface area contributed by atoms with Crippen LogP contribution in [0.3, 0.4) is 0 Å². The number of benzene rings is 1. The number of aromatic nitrogens is 3. The molecule has 3 rings (SSSR count). The van der Waals surface area contributed by atoms with Crippen molar-refractivity contribution in [2.75, 3.05) is 0 Å². The summed E-state index contributed by atoms with van der Waals surface area (Å²) < 4.78 is 2.30. The van der Waals surface area contributed by atoms with E-state index in [-0.39, 0.29) is 6.04 Å². The molecule has 2 N–H and O–H groups in total. The van der Waals surface area contributed by atoms with Crippen LogP contribution in [0.2, 0.25) is 0 Å². The second-order valence-electron chi connectivity index (χ2n) is 6.06. The van der Waals surface area contributed by atoms with E-state index in [0.29, 0.717) is 6.04 Å². The lowest BCUT2D eigenvalue weighted by molar-refractivity contribution is 0.335. The lowest BCUT2D eigenvalue weighted by Gasteiger charge is -2.26. The van der Waals surface area contributed by atoms with Crippen molar-refractivity contribution < 1.29 is 0 Å². The molecule has 21 heavy (non-hydrogen) atoms. The molecule has 0 aliphatic heterocycles. The molecule has 0 bridgehead atoms. The predicted molar refractivity (Wildman–Crippen MR) is 84.0 cm³/mol. The van der Waals surface area contributed by atoms with Gasteiger partial charge in [-0.15, -0.1) is 10.2 Å². The van der Waals surface area contributed by atoms with Crippen LogP contribution in [-0.2, 0) is 6.42 Å². The van der Waals surface area contributed by atoms with E-state index in [4.69, 9.17) is 5.73 Å². The number of rotatable bonds is 4. The van der Waals surface area contributed by atoms with Crippen LogP contribution in [0.25, 0.3) is 0 Å². The van der Waals surface area contributed by atoms with E-state index in [0.717, 1.165) is 18.1 Å². The summed E-state index contributed by atoms with van der Waals surface area (Å²) in [6.07, 6.45) is 7.22. The Balaban J connectivity index is 1.81. The molecular formula is C17H24N4. The molecule has 1 aromatic carbocycles. The highest BCUT2D eigenvalue weighted by molar-refractivity contribution is 5.17. The van der Waals surface area contributed by atoms with E-state index in [1.807, 2.05) is 13.0 Å². The quantitative estimate of drug-likeness (QED) is 0.937. The Morgan fingerprint density at radius 2 is 1.86 bits per heavy atom. The van der Waals surface area contributed by atoms with Gasteiger partial charge in [-0.3, -0.25) is 0 Å². The third-order valence-electron chi connectivity index (χ3n) is 4.46. The van der Waals surface area contributed by atoms with Gasteiger partial charge in [0.2, 0.25) is 0 Å². The van der Waals surface area contributed by atoms with Gasteiger partial charge in [0.1, 0.15) is 5.82 Å². The summed E-state index contributed by atoms with van der Waals surface area (Å²) in [6.45, 7) is 2.04. The Bertz CT molecular complexity index is 570. The van der Waals surface area contributed by atoms with Crippen LogP contribution in [0.5, 0.6) is 0 Å². The average Bonchev–Trinajstić information content (AvgIpc) is 2.91. The van der Waals surface area contributed by atoms with E-state index < -0.39 is 0 Å². The van der Waals surface area contributed by atoms with E-state index in [1.54, 1.807) is 0 Å². The smallest absolute Gasteiger partial charge is 0.150 e. The van der Waals surface area contributed by atoms with Crippen molar-refractivity contribution in [3.05, 3.63) is 47.5 Å². The molecule has 0 saturated heterocycles. The monoisotopic (exact) mass is 284 g/mol. The molecule has 1 aliphatic carbocycles. The lowest BCUT2D eigenvalue weighted by atomic mass is 9.94. The standard InChI is InChI=1S/C17H24N4/c1-13-19-20-17(21(13)15-10-6-3-7-11-15)16(18)12-14-8-4-2-5-9-14/h2,4-5,8-9,15-16H,3,6-7,10-12,18H2,1H3. The molecule has 1 fully saturated rings. The molecule has 1 saturated carbocycles. The van der Waals surface area contributed by atoms with Crippen molar-refractivity contribution in [2.45, 2.75) is 57.5 Å². The number of hydrogen-bond acceptors (Lipinski definition) is 3. The first-order chi connectivity index (χ1) is 10.3. The summed E-state index contributed by atoms with van der Waals surface area (Å²) in [6, 6.07) is 10.8. The molecule has 1 atom stereocenters. The van der Waals surface area contributed by atoms with Crippen LogP contribution in [0.15, 0.2) is 30.3 Å². The Morgan fingerprint density at radius 3 is 2.57 bits per heavy atom. The largest absolute Gasteiger partial charge is 0.321 e. The fourth-order valence-corrected chi connectivity index (χ4v) is 3.39. The highest BCUT2D eigenvalue weighted by Crippen LogP contribution is 2.31. The number of aryl methyl sites for hydroxylation is 1. The molecule has 1 aromatic heterocycles. The van der Waals surface area contributed by atoms with Crippen LogP contribution in [0.1, 0.15) is 61.4 Å². The van der Waals surface area contributed by atoms with Crippen molar-refractivity contribution in [1.29, 1.82) is 0 Å². The van der Waals surface area contributed by atoms with Crippen LogP contribution in [0.4, 0.5) is 0 Å². The summed E-state index contributed by atoms with van der Waals surface area (Å²) in [5, 5.41) is 8.66. The summed E-state index contributed by atoms with van der Waals surface area (Å²) in [5.41, 5.74) is 7.68. The first kappa shape index (κ1) is 14.3. The van der Waals surface area contributed by atoms with Gasteiger partial charge in [-0.05, 0) is 31.7 Å². The lowest BCUT2D eigenvalue weighted by Crippen LogP contribution is -2.23. The van der Waals surface area contributed by atoms with E-state index >= 15 is 0 Å². The molecule has 0 amide bonds. The van der Waals surface area contributed by atoms with Gasteiger partial charge in [0.05, 0.1) is 6.04 Å². The Labute approximate surface area is 126 Å². The van der Waals surface area contributed by atoms with Crippen molar-refractivity contribution in [3.63, 3.8) is 0 Å². The highest BCUT2D eigenvalue weighted by Gasteiger charge is 2.24. The van der Waals surface area contributed by atoms with Crippen molar-refractivity contribution >= 4 is 0 Å². The number of nitrogens with two attached hydrogens (primary N) is 1. The topological polar surface area (TPSA) is 56.7 Å². The molecule has 1 unspecified atom stereocenters. The van der Waals surface area contributed by atoms with Gasteiger partial charge in [0.25, 0.3) is 0 Å². The average molecular weight is 284 g/mol. The maximum absolute atomic E-state index is 6.42. The molecule has 2 aromatic rings. The third kappa shape index (κ3) is 3.16. The Morgan fingerprint density at radius 1 is 1.14 bits per heavy atom. The minimum Gasteiger partial charge on any atom is -0.321 e. The van der Waals surface area contributed by atoms with E-state index in [2.05, 4.69) is 39.0 Å². The predicted octanol–water partition coefficient (Wildman–Crippen LogP) is 3.33. The van der Waals surface area contributed by atoms with Crippen molar-refractivity contribution in [1.82, 2.24) is 14.8 Å². The summed E-state index contributed by atoms with van der Waals surface area (Å²) in [5.74, 6) is 1.95. The number of hydrogen-bond donors (Lipinski definition) is 1. The Kier molecular flexibility index (Phi) is 4.34. The maximum Gasteiger partial charge on any atom is 0.150 e. The summed E-state index contributed by atoms with van der Waals surface area (Å²) >= 11 is 0. The van der Waals surface area contributed by atoms with Gasteiger partial charge in [-0.1, -0.05) is 49.6 Å². The minimum atomic E-state index is -0.0875. The summed E-state index contributed by atoms with van der Waals surface area (Å²) in [7, 11) is 0. The Hall–Kier alpha value is -1.68. The van der Waals surface area contributed by atoms with Gasteiger partial charge in [-0.25, -0.2) is 0 Å². The normalized spacial score (nSPS) is 17.8. The first-order valence-corrected chi connectivity index (χ1v) is 7.96. The SMILES string of the molecule is Cc1nnc(C(N)Cc2ccccc2)n1C1CCCCC1. The molecule has 0 radical (unpaired) electrons. The second kappa shape index (κ2) is 6.39.